The second-order valence-electron chi connectivity index (χ2n) is 6.24. The molecular formula is C15H22N2O2. The summed E-state index contributed by atoms with van der Waals surface area (Å²) in [7, 11) is 1.83. The van der Waals surface area contributed by atoms with Crippen molar-refractivity contribution in [3.05, 3.63) is 34.2 Å². The summed E-state index contributed by atoms with van der Waals surface area (Å²) in [6.07, 6.45) is 4.35. The number of aromatic nitrogens is 1. The molecule has 4 heteroatoms. The number of nitrogens with zero attached hydrogens (tertiary/aromatic N) is 1. The average Bonchev–Trinajstić information content (AvgIpc) is 2.37. The molecule has 0 atom stereocenters. The van der Waals surface area contributed by atoms with Gasteiger partial charge >= 0.3 is 0 Å². The van der Waals surface area contributed by atoms with E-state index in [1.807, 2.05) is 7.05 Å². The van der Waals surface area contributed by atoms with Crippen LogP contribution in [0.2, 0.25) is 0 Å². The van der Waals surface area contributed by atoms with Crippen LogP contribution in [0.5, 0.6) is 0 Å². The largest absolute Gasteiger partial charge is 0.337 e. The summed E-state index contributed by atoms with van der Waals surface area (Å²) in [6.45, 7) is 4.56. The molecule has 4 nitrogen and oxygen atoms in total. The first-order valence-electron chi connectivity index (χ1n) is 6.85. The molecule has 104 valence electrons. The molecule has 1 saturated carbocycles. The van der Waals surface area contributed by atoms with Crippen LogP contribution >= 0.6 is 0 Å². The van der Waals surface area contributed by atoms with Gasteiger partial charge in [0, 0.05) is 19.2 Å². The third kappa shape index (κ3) is 3.25. The Morgan fingerprint density at radius 3 is 2.53 bits per heavy atom. The van der Waals surface area contributed by atoms with Gasteiger partial charge < -0.3 is 9.88 Å². The molecular weight excluding hydrogens is 240 g/mol. The number of hydrogen-bond acceptors (Lipinski definition) is 2. The summed E-state index contributed by atoms with van der Waals surface area (Å²) >= 11 is 0. The van der Waals surface area contributed by atoms with E-state index in [1.54, 1.807) is 17.0 Å². The highest BCUT2D eigenvalue weighted by atomic mass is 16.2. The Hall–Kier alpha value is -1.58. The minimum absolute atomic E-state index is 0.0950. The van der Waals surface area contributed by atoms with Crippen molar-refractivity contribution in [2.45, 2.75) is 45.6 Å². The minimum Gasteiger partial charge on any atom is -0.337 e. The van der Waals surface area contributed by atoms with Gasteiger partial charge in [0.2, 0.25) is 5.56 Å². The maximum absolute atomic E-state index is 12.3. The number of rotatable bonds is 2. The highest BCUT2D eigenvalue weighted by Gasteiger charge is 2.30. The fourth-order valence-corrected chi connectivity index (χ4v) is 2.70. The Bertz CT molecular complexity index is 509. The van der Waals surface area contributed by atoms with Gasteiger partial charge in [-0.1, -0.05) is 19.9 Å². The van der Waals surface area contributed by atoms with Gasteiger partial charge in [0.05, 0.1) is 0 Å². The van der Waals surface area contributed by atoms with Gasteiger partial charge in [-0.15, -0.1) is 0 Å². The van der Waals surface area contributed by atoms with Crippen molar-refractivity contribution in [2.24, 2.45) is 5.41 Å². The van der Waals surface area contributed by atoms with Crippen LogP contribution in [0.3, 0.4) is 0 Å². The van der Waals surface area contributed by atoms with Crippen LogP contribution in [0.25, 0.3) is 0 Å². The zero-order valence-electron chi connectivity index (χ0n) is 11.9. The SMILES string of the molecule is CN(C(=O)c1cccc(=O)[nH]1)C1CCC(C)(C)CC1. The quantitative estimate of drug-likeness (QED) is 0.890. The maximum atomic E-state index is 12.3. The van der Waals surface area contributed by atoms with Gasteiger partial charge in [0.15, 0.2) is 0 Å². The monoisotopic (exact) mass is 262 g/mol. The van der Waals surface area contributed by atoms with E-state index in [-0.39, 0.29) is 17.5 Å². The number of carbonyl (C=O) groups is 1. The lowest BCUT2D eigenvalue weighted by Gasteiger charge is -2.38. The molecule has 0 radical (unpaired) electrons. The average molecular weight is 262 g/mol. The van der Waals surface area contributed by atoms with Crippen LogP contribution < -0.4 is 5.56 Å². The topological polar surface area (TPSA) is 53.2 Å². The summed E-state index contributed by atoms with van der Waals surface area (Å²) in [5.74, 6) is -0.0950. The molecule has 19 heavy (non-hydrogen) atoms. The molecule has 0 bridgehead atoms. The van der Waals surface area contributed by atoms with Crippen molar-refractivity contribution >= 4 is 5.91 Å². The van der Waals surface area contributed by atoms with E-state index in [1.165, 1.54) is 6.07 Å². The number of pyridine rings is 1. The van der Waals surface area contributed by atoms with Crippen LogP contribution in [0.15, 0.2) is 23.0 Å². The smallest absolute Gasteiger partial charge is 0.270 e. The van der Waals surface area contributed by atoms with Crippen molar-refractivity contribution in [3.8, 4) is 0 Å². The van der Waals surface area contributed by atoms with Gasteiger partial charge in [-0.3, -0.25) is 9.59 Å². The summed E-state index contributed by atoms with van der Waals surface area (Å²) < 4.78 is 0. The first-order valence-corrected chi connectivity index (χ1v) is 6.85. The molecule has 1 aromatic heterocycles. The Morgan fingerprint density at radius 1 is 1.32 bits per heavy atom. The molecule has 1 aliphatic carbocycles. The standard InChI is InChI=1S/C15H22N2O2/c1-15(2)9-7-11(8-10-15)17(3)14(19)12-5-4-6-13(18)16-12/h4-6,11H,7-10H2,1-3H3,(H,16,18). The maximum Gasteiger partial charge on any atom is 0.270 e. The third-order valence-corrected chi connectivity index (χ3v) is 4.18. The first kappa shape index (κ1) is 13.8. The highest BCUT2D eigenvalue weighted by Crippen LogP contribution is 2.36. The normalized spacial score (nSPS) is 19.1. The van der Waals surface area contributed by atoms with Gasteiger partial charge in [-0.25, -0.2) is 0 Å². The summed E-state index contributed by atoms with van der Waals surface area (Å²) in [4.78, 5) is 27.9. The minimum atomic E-state index is -0.232. The molecule has 1 N–H and O–H groups in total. The van der Waals surface area contributed by atoms with Gasteiger partial charge in [-0.2, -0.15) is 0 Å². The van der Waals surface area contributed by atoms with E-state index in [0.717, 1.165) is 25.7 Å². The van der Waals surface area contributed by atoms with Crippen molar-refractivity contribution < 1.29 is 4.79 Å². The molecule has 0 spiro atoms. The fraction of sp³-hybridized carbons (Fsp3) is 0.600. The molecule has 0 aromatic carbocycles. The van der Waals surface area contributed by atoms with E-state index in [4.69, 9.17) is 0 Å². The molecule has 0 saturated heterocycles. The number of amides is 1. The summed E-state index contributed by atoms with van der Waals surface area (Å²) in [5, 5.41) is 0. The van der Waals surface area contributed by atoms with E-state index in [0.29, 0.717) is 11.1 Å². The van der Waals surface area contributed by atoms with Crippen LogP contribution in [0.1, 0.15) is 50.0 Å². The third-order valence-electron chi connectivity index (χ3n) is 4.18. The highest BCUT2D eigenvalue weighted by molar-refractivity contribution is 5.92. The van der Waals surface area contributed by atoms with E-state index < -0.39 is 0 Å². The number of H-pyrrole nitrogens is 1. The molecule has 0 unspecified atom stereocenters. The number of carbonyl (C=O) groups excluding carboxylic acids is 1. The second kappa shape index (κ2) is 5.19. The van der Waals surface area contributed by atoms with Crippen LogP contribution in [-0.4, -0.2) is 28.9 Å². The van der Waals surface area contributed by atoms with Crippen molar-refractivity contribution in [1.82, 2.24) is 9.88 Å². The second-order valence-corrected chi connectivity index (χ2v) is 6.24. The van der Waals surface area contributed by atoms with Gasteiger partial charge in [0.1, 0.15) is 5.69 Å². The molecule has 1 heterocycles. The predicted molar refractivity (Wildman–Crippen MR) is 75.2 cm³/mol. The van der Waals surface area contributed by atoms with E-state index in [9.17, 15) is 9.59 Å². The van der Waals surface area contributed by atoms with E-state index >= 15 is 0 Å². The first-order chi connectivity index (χ1) is 8.89. The van der Waals surface area contributed by atoms with Crippen molar-refractivity contribution in [2.75, 3.05) is 7.05 Å². The molecule has 0 aliphatic heterocycles. The molecule has 1 amide bonds. The summed E-state index contributed by atoms with van der Waals surface area (Å²) in [5.41, 5.74) is 0.533. The number of aromatic amines is 1. The molecule has 2 rings (SSSR count). The van der Waals surface area contributed by atoms with Crippen molar-refractivity contribution in [1.29, 1.82) is 0 Å². The van der Waals surface area contributed by atoms with Crippen LogP contribution in [-0.2, 0) is 0 Å². The summed E-state index contributed by atoms with van der Waals surface area (Å²) in [6, 6.07) is 4.97. The molecule has 1 aromatic rings. The Morgan fingerprint density at radius 2 is 1.95 bits per heavy atom. The van der Waals surface area contributed by atoms with Crippen molar-refractivity contribution in [3.63, 3.8) is 0 Å². The Kier molecular flexibility index (Phi) is 3.78. The molecule has 1 aliphatic rings. The van der Waals surface area contributed by atoms with Gasteiger partial charge in [-0.05, 0) is 37.2 Å². The lowest BCUT2D eigenvalue weighted by Crippen LogP contribution is -2.41. The predicted octanol–water partition coefficient (Wildman–Crippen LogP) is 2.42. The zero-order valence-corrected chi connectivity index (χ0v) is 11.9. The fourth-order valence-electron chi connectivity index (χ4n) is 2.70. The van der Waals surface area contributed by atoms with Gasteiger partial charge in [0.25, 0.3) is 5.91 Å². The Balaban J connectivity index is 2.06. The lowest BCUT2D eigenvalue weighted by molar-refractivity contribution is 0.0629. The Labute approximate surface area is 113 Å². The number of hydrogen-bond donors (Lipinski definition) is 1. The number of nitrogens with one attached hydrogen (secondary N) is 1. The molecule has 1 fully saturated rings. The van der Waals surface area contributed by atoms with Crippen LogP contribution in [0.4, 0.5) is 0 Å². The van der Waals surface area contributed by atoms with E-state index in [2.05, 4.69) is 18.8 Å². The van der Waals surface area contributed by atoms with Crippen LogP contribution in [0, 0.1) is 5.41 Å². The lowest BCUT2D eigenvalue weighted by atomic mass is 9.75. The zero-order chi connectivity index (χ0) is 14.0.